The molecule has 0 aliphatic carbocycles. The van der Waals surface area contributed by atoms with E-state index in [9.17, 15) is 9.59 Å². The molecular formula is C25H24N4O3. The lowest BCUT2D eigenvalue weighted by Gasteiger charge is -2.13. The van der Waals surface area contributed by atoms with Crippen LogP contribution in [0.1, 0.15) is 44.3 Å². The van der Waals surface area contributed by atoms with Gasteiger partial charge in [0.05, 0.1) is 18.3 Å². The number of carbonyl (C=O) groups is 2. The lowest BCUT2D eigenvalue weighted by atomic mass is 10.1. The third-order valence-electron chi connectivity index (χ3n) is 5.23. The number of nitrogens with one attached hydrogen (secondary N) is 1. The van der Waals surface area contributed by atoms with Crippen molar-refractivity contribution in [3.05, 3.63) is 82.5 Å². The molecule has 4 aromatic rings. The number of para-hydroxylation sites is 1. The molecule has 162 valence electrons. The van der Waals surface area contributed by atoms with Gasteiger partial charge in [0, 0.05) is 10.9 Å². The van der Waals surface area contributed by atoms with Crippen molar-refractivity contribution in [1.29, 1.82) is 0 Å². The zero-order valence-electron chi connectivity index (χ0n) is 18.5. The van der Waals surface area contributed by atoms with Crippen molar-refractivity contribution >= 4 is 28.6 Å². The largest absolute Gasteiger partial charge is 0.462 e. The molecule has 0 unspecified atom stereocenters. The van der Waals surface area contributed by atoms with Crippen LogP contribution in [0.25, 0.3) is 16.7 Å². The van der Waals surface area contributed by atoms with Gasteiger partial charge in [-0.2, -0.15) is 9.78 Å². The highest BCUT2D eigenvalue weighted by molar-refractivity contribution is 6.07. The van der Waals surface area contributed by atoms with Crippen molar-refractivity contribution in [1.82, 2.24) is 14.8 Å². The Morgan fingerprint density at radius 2 is 1.81 bits per heavy atom. The normalized spacial score (nSPS) is 10.9. The maximum atomic E-state index is 13.0. The Morgan fingerprint density at radius 3 is 2.56 bits per heavy atom. The Hall–Kier alpha value is -4.00. The molecule has 1 N–H and O–H groups in total. The maximum absolute atomic E-state index is 13.0. The molecule has 32 heavy (non-hydrogen) atoms. The molecule has 0 fully saturated rings. The molecule has 4 rings (SSSR count). The van der Waals surface area contributed by atoms with Crippen LogP contribution in [-0.2, 0) is 4.74 Å². The molecule has 2 heterocycles. The zero-order valence-corrected chi connectivity index (χ0v) is 18.5. The fraction of sp³-hybridized carbons (Fsp3) is 0.200. The van der Waals surface area contributed by atoms with Gasteiger partial charge in [0.15, 0.2) is 11.6 Å². The van der Waals surface area contributed by atoms with E-state index < -0.39 is 5.97 Å². The molecule has 0 atom stereocenters. The van der Waals surface area contributed by atoms with Crippen molar-refractivity contribution in [3.8, 4) is 5.82 Å². The van der Waals surface area contributed by atoms with Crippen molar-refractivity contribution in [2.24, 2.45) is 0 Å². The van der Waals surface area contributed by atoms with Gasteiger partial charge in [0.2, 0.25) is 0 Å². The molecule has 0 radical (unpaired) electrons. The molecule has 2 aromatic carbocycles. The molecule has 0 saturated heterocycles. The predicted octanol–water partition coefficient (Wildman–Crippen LogP) is 4.77. The van der Waals surface area contributed by atoms with Gasteiger partial charge < -0.3 is 10.1 Å². The van der Waals surface area contributed by atoms with Crippen molar-refractivity contribution in [3.63, 3.8) is 0 Å². The molecule has 7 heteroatoms. The van der Waals surface area contributed by atoms with Crippen LogP contribution in [0.5, 0.6) is 0 Å². The minimum absolute atomic E-state index is 0.164. The first kappa shape index (κ1) is 21.2. The van der Waals surface area contributed by atoms with Crippen LogP contribution >= 0.6 is 0 Å². The van der Waals surface area contributed by atoms with E-state index in [1.54, 1.807) is 19.1 Å². The van der Waals surface area contributed by atoms with Crippen molar-refractivity contribution in [2.75, 3.05) is 11.9 Å². The Morgan fingerprint density at radius 1 is 1.03 bits per heavy atom. The number of aromatic nitrogens is 3. The summed E-state index contributed by atoms with van der Waals surface area (Å²) < 4.78 is 6.64. The Kier molecular flexibility index (Phi) is 5.73. The number of rotatable bonds is 5. The number of aryl methyl sites for hydroxylation is 3. The van der Waals surface area contributed by atoms with Crippen LogP contribution in [0.2, 0.25) is 0 Å². The molecular weight excluding hydrogens is 404 g/mol. The molecule has 0 spiro atoms. The number of hydrogen-bond acceptors (Lipinski definition) is 5. The molecule has 7 nitrogen and oxygen atoms in total. The summed E-state index contributed by atoms with van der Waals surface area (Å²) in [5, 5.41) is 8.25. The van der Waals surface area contributed by atoms with Gasteiger partial charge in [-0.3, -0.25) is 4.79 Å². The van der Waals surface area contributed by atoms with Crippen LogP contribution in [0.15, 0.2) is 54.7 Å². The summed E-state index contributed by atoms with van der Waals surface area (Å²) in [5.41, 5.74) is 4.47. The van der Waals surface area contributed by atoms with Gasteiger partial charge in [0.25, 0.3) is 5.91 Å². The highest BCUT2D eigenvalue weighted by atomic mass is 16.5. The van der Waals surface area contributed by atoms with E-state index in [-0.39, 0.29) is 23.9 Å². The predicted molar refractivity (Wildman–Crippen MR) is 123 cm³/mol. The smallest absolute Gasteiger partial charge is 0.343 e. The Labute approximate surface area is 186 Å². The number of pyridine rings is 1. The number of ether oxygens (including phenoxy) is 1. The first-order valence-electron chi connectivity index (χ1n) is 10.4. The number of anilines is 1. The van der Waals surface area contributed by atoms with Crippen LogP contribution in [0, 0.1) is 20.8 Å². The Balaban J connectivity index is 1.84. The van der Waals surface area contributed by atoms with Gasteiger partial charge in [-0.05, 0) is 57.0 Å². The van der Waals surface area contributed by atoms with Crippen molar-refractivity contribution < 1.29 is 14.3 Å². The number of benzene rings is 2. The zero-order chi connectivity index (χ0) is 22.8. The van der Waals surface area contributed by atoms with E-state index in [1.165, 1.54) is 10.9 Å². The third kappa shape index (κ3) is 3.97. The van der Waals surface area contributed by atoms with E-state index in [1.807, 2.05) is 57.2 Å². The quantitative estimate of drug-likeness (QED) is 0.463. The number of carbonyl (C=O) groups excluding carboxylic acids is 2. The summed E-state index contributed by atoms with van der Waals surface area (Å²) in [6.45, 7) is 7.83. The fourth-order valence-electron chi connectivity index (χ4n) is 3.62. The lowest BCUT2D eigenvalue weighted by molar-refractivity contribution is 0.0527. The van der Waals surface area contributed by atoms with E-state index in [0.717, 1.165) is 27.6 Å². The fourth-order valence-corrected chi connectivity index (χ4v) is 3.62. The SMILES string of the molecule is CCOC(=O)c1cnn(-c2cc(C)c3cccc(C)c3n2)c1NC(=O)c1cccc(C)c1. The Bertz CT molecular complexity index is 1340. The van der Waals surface area contributed by atoms with Crippen LogP contribution < -0.4 is 5.32 Å². The van der Waals surface area contributed by atoms with E-state index in [4.69, 9.17) is 9.72 Å². The van der Waals surface area contributed by atoms with Gasteiger partial charge in [-0.25, -0.2) is 9.78 Å². The molecule has 0 aliphatic rings. The first-order valence-corrected chi connectivity index (χ1v) is 10.4. The minimum atomic E-state index is -0.563. The summed E-state index contributed by atoms with van der Waals surface area (Å²) in [6.07, 6.45) is 1.39. The van der Waals surface area contributed by atoms with Crippen LogP contribution in [0.3, 0.4) is 0 Å². The van der Waals surface area contributed by atoms with Gasteiger partial charge in [-0.1, -0.05) is 35.9 Å². The van der Waals surface area contributed by atoms with Crippen LogP contribution in [0.4, 0.5) is 5.82 Å². The third-order valence-corrected chi connectivity index (χ3v) is 5.23. The molecule has 0 saturated carbocycles. The number of nitrogens with zero attached hydrogens (tertiary/aromatic N) is 3. The number of amides is 1. The molecule has 2 aromatic heterocycles. The summed E-state index contributed by atoms with van der Waals surface area (Å²) in [5.74, 6) is -0.198. The first-order chi connectivity index (χ1) is 15.4. The monoisotopic (exact) mass is 428 g/mol. The average Bonchev–Trinajstić information content (AvgIpc) is 3.18. The van der Waals surface area contributed by atoms with Gasteiger partial charge in [0.1, 0.15) is 5.56 Å². The topological polar surface area (TPSA) is 86.1 Å². The van der Waals surface area contributed by atoms with E-state index in [0.29, 0.717) is 11.4 Å². The molecule has 0 aliphatic heterocycles. The van der Waals surface area contributed by atoms with Gasteiger partial charge >= 0.3 is 5.97 Å². The van der Waals surface area contributed by atoms with E-state index in [2.05, 4.69) is 10.4 Å². The minimum Gasteiger partial charge on any atom is -0.462 e. The van der Waals surface area contributed by atoms with Gasteiger partial charge in [-0.15, -0.1) is 0 Å². The maximum Gasteiger partial charge on any atom is 0.343 e. The summed E-state index contributed by atoms with van der Waals surface area (Å²) in [4.78, 5) is 30.3. The molecule has 1 amide bonds. The number of esters is 1. The van der Waals surface area contributed by atoms with Crippen molar-refractivity contribution in [2.45, 2.75) is 27.7 Å². The second-order valence-electron chi connectivity index (χ2n) is 7.63. The average molecular weight is 428 g/mol. The molecule has 0 bridgehead atoms. The number of hydrogen-bond donors (Lipinski definition) is 1. The lowest BCUT2D eigenvalue weighted by Crippen LogP contribution is -2.18. The number of fused-ring (bicyclic) bond motifs is 1. The van der Waals surface area contributed by atoms with E-state index >= 15 is 0 Å². The highest BCUT2D eigenvalue weighted by Crippen LogP contribution is 2.26. The highest BCUT2D eigenvalue weighted by Gasteiger charge is 2.23. The van der Waals surface area contributed by atoms with Crippen LogP contribution in [-0.4, -0.2) is 33.2 Å². The summed E-state index contributed by atoms with van der Waals surface area (Å²) >= 11 is 0. The second-order valence-corrected chi connectivity index (χ2v) is 7.63. The standard InChI is InChI=1S/C25H24N4O3/c1-5-32-25(31)20-14-26-29(23(20)28-24(30)18-10-6-8-15(2)12-18)21-13-17(4)19-11-7-9-16(3)22(19)27-21/h6-14H,5H2,1-4H3,(H,28,30). The summed E-state index contributed by atoms with van der Waals surface area (Å²) in [6, 6.07) is 15.1. The second kappa shape index (κ2) is 8.63. The summed E-state index contributed by atoms with van der Waals surface area (Å²) in [7, 11) is 0.